The van der Waals surface area contributed by atoms with Crippen molar-refractivity contribution in [3.05, 3.63) is 0 Å². The van der Waals surface area contributed by atoms with Crippen molar-refractivity contribution in [2.75, 3.05) is 0 Å². The highest BCUT2D eigenvalue weighted by Crippen LogP contribution is 2.36. The first-order valence-corrected chi connectivity index (χ1v) is 8.08. The molecule has 116 valence electrons. The molecule has 0 bridgehead atoms. The Morgan fingerprint density at radius 2 is 2.05 bits per heavy atom. The van der Waals surface area contributed by atoms with Crippen LogP contribution in [0.5, 0.6) is 0 Å². The van der Waals surface area contributed by atoms with Crippen molar-refractivity contribution in [3.63, 3.8) is 0 Å². The number of rotatable bonds is 5. The predicted molar refractivity (Wildman–Crippen MR) is 78.8 cm³/mol. The summed E-state index contributed by atoms with van der Waals surface area (Å²) >= 11 is 0. The van der Waals surface area contributed by atoms with E-state index in [1.807, 2.05) is 13.8 Å². The second kappa shape index (κ2) is 6.44. The predicted octanol–water partition coefficient (Wildman–Crippen LogP) is 2.96. The number of carbonyl (C=O) groups is 1. The Morgan fingerprint density at radius 3 is 2.65 bits per heavy atom. The molecule has 0 amide bonds. The number of carboxylic acid groups (broad SMARTS) is 1. The highest BCUT2D eigenvalue weighted by atomic mass is 16.5. The normalized spacial score (nSPS) is 38.3. The Hall–Kier alpha value is -0.610. The van der Waals surface area contributed by atoms with E-state index in [2.05, 4.69) is 12.2 Å². The van der Waals surface area contributed by atoms with Gasteiger partial charge in [0.2, 0.25) is 0 Å². The molecule has 0 aromatic carbocycles. The van der Waals surface area contributed by atoms with Crippen LogP contribution in [0.4, 0.5) is 0 Å². The maximum Gasteiger partial charge on any atom is 0.324 e. The van der Waals surface area contributed by atoms with Gasteiger partial charge in [-0.1, -0.05) is 19.8 Å². The molecule has 4 atom stereocenters. The van der Waals surface area contributed by atoms with Gasteiger partial charge >= 0.3 is 5.97 Å². The molecular formula is C16H29NO3. The smallest absolute Gasteiger partial charge is 0.324 e. The van der Waals surface area contributed by atoms with E-state index >= 15 is 0 Å². The molecule has 0 radical (unpaired) electrons. The summed E-state index contributed by atoms with van der Waals surface area (Å²) in [5, 5.41) is 12.8. The third kappa shape index (κ3) is 3.73. The summed E-state index contributed by atoms with van der Waals surface area (Å²) in [6, 6.07) is 0.180. The lowest BCUT2D eigenvalue weighted by Gasteiger charge is -2.31. The van der Waals surface area contributed by atoms with Gasteiger partial charge in [0.05, 0.1) is 12.2 Å². The minimum Gasteiger partial charge on any atom is -0.480 e. The van der Waals surface area contributed by atoms with Crippen LogP contribution in [0.3, 0.4) is 0 Å². The van der Waals surface area contributed by atoms with Gasteiger partial charge in [-0.25, -0.2) is 0 Å². The lowest BCUT2D eigenvalue weighted by atomic mass is 9.88. The lowest BCUT2D eigenvalue weighted by molar-refractivity contribution is -0.145. The number of hydrogen-bond donors (Lipinski definition) is 2. The zero-order valence-corrected chi connectivity index (χ0v) is 13.0. The maximum absolute atomic E-state index is 11.6. The number of nitrogens with one attached hydrogen (secondary N) is 1. The Morgan fingerprint density at radius 1 is 1.30 bits per heavy atom. The molecule has 4 nitrogen and oxygen atoms in total. The summed E-state index contributed by atoms with van der Waals surface area (Å²) in [7, 11) is 0. The molecule has 4 heteroatoms. The average molecular weight is 283 g/mol. The summed E-state index contributed by atoms with van der Waals surface area (Å²) in [5.41, 5.74) is -0.779. The first kappa shape index (κ1) is 15.8. The van der Waals surface area contributed by atoms with Gasteiger partial charge in [0, 0.05) is 12.5 Å². The first-order valence-electron chi connectivity index (χ1n) is 8.08. The number of aliphatic carboxylic acids is 1. The molecule has 2 N–H and O–H groups in total. The summed E-state index contributed by atoms with van der Waals surface area (Å²) < 4.78 is 6.21. The summed E-state index contributed by atoms with van der Waals surface area (Å²) in [6.07, 6.45) is 7.40. The molecule has 0 heterocycles. The van der Waals surface area contributed by atoms with Gasteiger partial charge in [0.1, 0.15) is 5.54 Å². The molecule has 0 aromatic heterocycles. The summed E-state index contributed by atoms with van der Waals surface area (Å²) in [6.45, 7) is 6.29. The van der Waals surface area contributed by atoms with Crippen LogP contribution >= 0.6 is 0 Å². The quantitative estimate of drug-likeness (QED) is 0.814. The van der Waals surface area contributed by atoms with Crippen LogP contribution in [0.25, 0.3) is 0 Å². The topological polar surface area (TPSA) is 58.6 Å². The molecule has 2 aliphatic carbocycles. The second-order valence-corrected chi connectivity index (χ2v) is 7.08. The lowest BCUT2D eigenvalue weighted by Crippen LogP contribution is -2.53. The van der Waals surface area contributed by atoms with Crippen molar-refractivity contribution in [2.24, 2.45) is 5.92 Å². The minimum atomic E-state index is -0.779. The van der Waals surface area contributed by atoms with Crippen LogP contribution in [-0.2, 0) is 9.53 Å². The van der Waals surface area contributed by atoms with Crippen molar-refractivity contribution in [1.29, 1.82) is 0 Å². The number of ether oxygens (including phenoxy) is 1. The van der Waals surface area contributed by atoms with Gasteiger partial charge in [0.15, 0.2) is 0 Å². The highest BCUT2D eigenvalue weighted by Gasteiger charge is 2.46. The standard InChI is InChI=1S/C16H29NO3/c1-11(2)17-16(15(18)19)8-7-14(10-16)20-13-6-4-5-12(3)9-13/h11-14,17H,4-10H2,1-3H3,(H,18,19). The third-order valence-corrected chi connectivity index (χ3v) is 4.72. The largest absolute Gasteiger partial charge is 0.480 e. The van der Waals surface area contributed by atoms with E-state index in [1.54, 1.807) is 0 Å². The minimum absolute atomic E-state index is 0.104. The molecule has 2 fully saturated rings. The van der Waals surface area contributed by atoms with E-state index in [9.17, 15) is 9.90 Å². The van der Waals surface area contributed by atoms with E-state index in [0.717, 1.165) is 25.2 Å². The zero-order valence-electron chi connectivity index (χ0n) is 13.0. The fraction of sp³-hybridized carbons (Fsp3) is 0.938. The van der Waals surface area contributed by atoms with E-state index in [-0.39, 0.29) is 12.1 Å². The summed E-state index contributed by atoms with van der Waals surface area (Å²) in [5.74, 6) is 0.0162. The van der Waals surface area contributed by atoms with E-state index < -0.39 is 11.5 Å². The maximum atomic E-state index is 11.6. The SMILES string of the molecule is CC1CCCC(OC2CCC(NC(C)C)(C(=O)O)C2)C1. The fourth-order valence-electron chi connectivity index (χ4n) is 3.83. The van der Waals surface area contributed by atoms with E-state index in [0.29, 0.717) is 18.9 Å². The molecule has 4 unspecified atom stereocenters. The molecule has 2 rings (SSSR count). The Balaban J connectivity index is 1.91. The molecule has 0 aliphatic heterocycles. The Kier molecular flexibility index (Phi) is 5.08. The van der Waals surface area contributed by atoms with E-state index in [1.165, 1.54) is 12.8 Å². The third-order valence-electron chi connectivity index (χ3n) is 4.72. The van der Waals surface area contributed by atoms with Gasteiger partial charge in [0.25, 0.3) is 0 Å². The van der Waals surface area contributed by atoms with Crippen molar-refractivity contribution < 1.29 is 14.6 Å². The molecular weight excluding hydrogens is 254 g/mol. The summed E-state index contributed by atoms with van der Waals surface area (Å²) in [4.78, 5) is 11.6. The Labute approximate surface area is 122 Å². The average Bonchev–Trinajstić information content (AvgIpc) is 2.72. The van der Waals surface area contributed by atoms with Gasteiger partial charge in [-0.15, -0.1) is 0 Å². The molecule has 2 aliphatic rings. The monoisotopic (exact) mass is 283 g/mol. The molecule has 0 aromatic rings. The Bertz CT molecular complexity index is 345. The van der Waals surface area contributed by atoms with Crippen molar-refractivity contribution in [1.82, 2.24) is 5.32 Å². The number of hydrogen-bond acceptors (Lipinski definition) is 3. The van der Waals surface area contributed by atoms with Crippen molar-refractivity contribution >= 4 is 5.97 Å². The zero-order chi connectivity index (χ0) is 14.8. The van der Waals surface area contributed by atoms with E-state index in [4.69, 9.17) is 4.74 Å². The van der Waals surface area contributed by atoms with Crippen LogP contribution in [-0.4, -0.2) is 34.9 Å². The van der Waals surface area contributed by atoms with Crippen LogP contribution in [0, 0.1) is 5.92 Å². The highest BCUT2D eigenvalue weighted by molar-refractivity contribution is 5.79. The van der Waals surface area contributed by atoms with Crippen LogP contribution < -0.4 is 5.32 Å². The fourth-order valence-corrected chi connectivity index (χ4v) is 3.83. The van der Waals surface area contributed by atoms with Gasteiger partial charge in [-0.3, -0.25) is 10.1 Å². The second-order valence-electron chi connectivity index (χ2n) is 7.08. The van der Waals surface area contributed by atoms with Crippen LogP contribution in [0.2, 0.25) is 0 Å². The van der Waals surface area contributed by atoms with Crippen molar-refractivity contribution in [2.45, 2.75) is 89.5 Å². The van der Waals surface area contributed by atoms with Crippen LogP contribution in [0.15, 0.2) is 0 Å². The van der Waals surface area contributed by atoms with Crippen LogP contribution in [0.1, 0.15) is 65.7 Å². The molecule has 20 heavy (non-hydrogen) atoms. The molecule has 2 saturated carbocycles. The first-order chi connectivity index (χ1) is 9.41. The molecule has 0 spiro atoms. The van der Waals surface area contributed by atoms with Gasteiger partial charge < -0.3 is 9.84 Å². The van der Waals surface area contributed by atoms with Crippen molar-refractivity contribution in [3.8, 4) is 0 Å². The molecule has 0 saturated heterocycles. The van der Waals surface area contributed by atoms with Gasteiger partial charge in [-0.2, -0.15) is 0 Å². The number of carboxylic acids is 1. The van der Waals surface area contributed by atoms with Gasteiger partial charge in [-0.05, 0) is 45.4 Å².